The van der Waals surface area contributed by atoms with E-state index in [1.165, 1.54) is 0 Å². The first-order valence-electron chi connectivity index (χ1n) is 21.9. The number of fused-ring (bicyclic) bond motifs is 2. The standard InChI is InChI=1S/C45H53N9O6/c1-45(14-15-45)60-32-3-5-36-35(23-32)41(50-49-36)37-24-39(47-27-46-37)53-20-10-29(11-21-53)26-59-31-12-16-51(17-13-31)25-28-8-18-52(19-9-28)30-2-4-33-34(22-30)44(58)54(43(33)57)38-6-7-40(55)48-42(38)56/h2-5,22-24,27-29,31,38H,6-21,25-26H2,1H3,(H,49,50)(H,48,55,56). The van der Waals surface area contributed by atoms with Gasteiger partial charge < -0.3 is 24.2 Å². The first kappa shape index (κ1) is 38.8. The van der Waals surface area contributed by atoms with Gasteiger partial charge in [0.2, 0.25) is 11.8 Å². The number of carbonyl (C=O) groups is 4. The van der Waals surface area contributed by atoms with Gasteiger partial charge in [-0.1, -0.05) is 0 Å². The Morgan fingerprint density at radius 2 is 1.53 bits per heavy atom. The lowest BCUT2D eigenvalue weighted by Gasteiger charge is -2.39. The zero-order valence-corrected chi connectivity index (χ0v) is 34.2. The van der Waals surface area contributed by atoms with Gasteiger partial charge in [0.1, 0.15) is 35.2 Å². The monoisotopic (exact) mass is 815 g/mol. The molecule has 2 aromatic heterocycles. The largest absolute Gasteiger partial charge is 0.488 e. The Balaban J connectivity index is 0.649. The summed E-state index contributed by atoms with van der Waals surface area (Å²) < 4.78 is 12.8. The van der Waals surface area contributed by atoms with E-state index in [2.05, 4.69) is 59.2 Å². The molecule has 4 saturated heterocycles. The molecule has 4 amide bonds. The van der Waals surface area contributed by atoms with Crippen LogP contribution < -0.4 is 19.9 Å². The van der Waals surface area contributed by atoms with E-state index in [4.69, 9.17) is 9.47 Å². The van der Waals surface area contributed by atoms with Crippen molar-refractivity contribution in [2.45, 2.75) is 88.9 Å². The van der Waals surface area contributed by atoms with Gasteiger partial charge >= 0.3 is 0 Å². The second-order valence-electron chi connectivity index (χ2n) is 18.0. The van der Waals surface area contributed by atoms with E-state index < -0.39 is 23.8 Å². The number of rotatable bonds is 11. The van der Waals surface area contributed by atoms with Gasteiger partial charge in [-0.15, -0.1) is 0 Å². The summed E-state index contributed by atoms with van der Waals surface area (Å²) >= 11 is 0. The number of piperidine rings is 4. The normalized spacial score (nSPS) is 23.1. The van der Waals surface area contributed by atoms with Crippen molar-refractivity contribution in [1.82, 2.24) is 35.3 Å². The number of imide groups is 2. The first-order chi connectivity index (χ1) is 29.2. The highest BCUT2D eigenvalue weighted by molar-refractivity contribution is 6.23. The first-order valence-corrected chi connectivity index (χ1v) is 21.9. The molecule has 4 aromatic rings. The number of hydrogen-bond donors (Lipinski definition) is 2. The average Bonchev–Trinajstić information content (AvgIpc) is 3.75. The van der Waals surface area contributed by atoms with E-state index in [-0.39, 0.29) is 24.3 Å². The average molecular weight is 816 g/mol. The molecule has 0 spiro atoms. The quantitative estimate of drug-likeness (QED) is 0.196. The lowest BCUT2D eigenvalue weighted by Crippen LogP contribution is -2.54. The van der Waals surface area contributed by atoms with Crippen LogP contribution in [0.5, 0.6) is 5.75 Å². The molecule has 1 aliphatic carbocycles. The van der Waals surface area contributed by atoms with E-state index in [0.717, 1.165) is 148 Å². The Bertz CT molecular complexity index is 2300. The van der Waals surface area contributed by atoms with Crippen LogP contribution >= 0.6 is 0 Å². The number of aromatic nitrogens is 4. The molecule has 0 radical (unpaired) electrons. The Hall–Kier alpha value is -5.41. The lowest BCUT2D eigenvalue weighted by molar-refractivity contribution is -0.136. The fourth-order valence-corrected chi connectivity index (χ4v) is 9.72. The fraction of sp³-hybridized carbons (Fsp3) is 0.533. The summed E-state index contributed by atoms with van der Waals surface area (Å²) in [5.41, 5.74) is 4.11. The minimum absolute atomic E-state index is 0.0456. The number of likely N-dealkylation sites (tertiary alicyclic amines) is 1. The molecule has 1 unspecified atom stereocenters. The Morgan fingerprint density at radius 1 is 0.783 bits per heavy atom. The molecular formula is C45H53N9O6. The van der Waals surface area contributed by atoms with Crippen LogP contribution in [0.15, 0.2) is 48.8 Å². The number of amides is 4. The van der Waals surface area contributed by atoms with Gasteiger partial charge in [0, 0.05) is 76.0 Å². The van der Waals surface area contributed by atoms with Crippen LogP contribution in [0.1, 0.15) is 91.8 Å². The highest BCUT2D eigenvalue weighted by atomic mass is 16.5. The minimum atomic E-state index is -0.955. The van der Waals surface area contributed by atoms with E-state index in [9.17, 15) is 19.2 Å². The van der Waals surface area contributed by atoms with Crippen molar-refractivity contribution in [3.05, 3.63) is 59.9 Å². The molecule has 1 saturated carbocycles. The van der Waals surface area contributed by atoms with E-state index in [0.29, 0.717) is 29.1 Å². The molecule has 6 aliphatic rings. The van der Waals surface area contributed by atoms with Gasteiger partial charge in [-0.2, -0.15) is 5.10 Å². The molecule has 2 aromatic carbocycles. The van der Waals surface area contributed by atoms with Gasteiger partial charge in [-0.05, 0) is 113 Å². The number of carbonyl (C=O) groups excluding carboxylic acids is 4. The Labute approximate surface area is 349 Å². The summed E-state index contributed by atoms with van der Waals surface area (Å²) in [4.78, 5) is 68.1. The zero-order chi connectivity index (χ0) is 41.0. The van der Waals surface area contributed by atoms with Gasteiger partial charge in [-0.3, -0.25) is 34.5 Å². The number of benzene rings is 2. The summed E-state index contributed by atoms with van der Waals surface area (Å²) in [6.07, 6.45) is 10.8. The molecule has 1 atom stereocenters. The van der Waals surface area contributed by atoms with Crippen LogP contribution in [-0.2, 0) is 14.3 Å². The number of ether oxygens (including phenoxy) is 2. The van der Waals surface area contributed by atoms with Gasteiger partial charge in [0.05, 0.1) is 28.4 Å². The molecule has 5 aliphatic heterocycles. The number of nitrogens with one attached hydrogen (secondary N) is 2. The predicted molar refractivity (Wildman–Crippen MR) is 224 cm³/mol. The number of aromatic amines is 1. The van der Waals surface area contributed by atoms with Crippen LogP contribution in [0.2, 0.25) is 0 Å². The van der Waals surface area contributed by atoms with Crippen LogP contribution in [0.4, 0.5) is 11.5 Å². The molecule has 15 nitrogen and oxygen atoms in total. The lowest BCUT2D eigenvalue weighted by atomic mass is 9.94. The number of anilines is 2. The third kappa shape index (κ3) is 7.84. The molecule has 60 heavy (non-hydrogen) atoms. The summed E-state index contributed by atoms with van der Waals surface area (Å²) in [6, 6.07) is 12.6. The van der Waals surface area contributed by atoms with Gasteiger partial charge in [0.25, 0.3) is 11.8 Å². The summed E-state index contributed by atoms with van der Waals surface area (Å²) in [6.45, 7) is 9.82. The van der Waals surface area contributed by atoms with Crippen molar-refractivity contribution < 1.29 is 28.7 Å². The molecule has 5 fully saturated rings. The summed E-state index contributed by atoms with van der Waals surface area (Å²) in [7, 11) is 0. The zero-order valence-electron chi connectivity index (χ0n) is 34.2. The number of hydrogen-bond acceptors (Lipinski definition) is 12. The van der Waals surface area contributed by atoms with Crippen LogP contribution in [-0.4, -0.2) is 124 Å². The molecule has 314 valence electrons. The molecule has 10 rings (SSSR count). The molecule has 15 heteroatoms. The Morgan fingerprint density at radius 3 is 2.30 bits per heavy atom. The van der Waals surface area contributed by atoms with Gasteiger partial charge in [-0.25, -0.2) is 9.97 Å². The smallest absolute Gasteiger partial charge is 0.262 e. The van der Waals surface area contributed by atoms with Crippen molar-refractivity contribution >= 4 is 46.0 Å². The van der Waals surface area contributed by atoms with E-state index in [1.807, 2.05) is 18.2 Å². The Kier molecular flexibility index (Phi) is 10.3. The molecular weight excluding hydrogens is 763 g/mol. The van der Waals surface area contributed by atoms with Gasteiger partial charge in [0.15, 0.2) is 0 Å². The van der Waals surface area contributed by atoms with E-state index >= 15 is 0 Å². The van der Waals surface area contributed by atoms with Crippen LogP contribution in [0, 0.1) is 11.8 Å². The number of nitrogens with zero attached hydrogens (tertiary/aromatic N) is 7. The van der Waals surface area contributed by atoms with Crippen molar-refractivity contribution in [1.29, 1.82) is 0 Å². The van der Waals surface area contributed by atoms with Crippen molar-refractivity contribution in [2.24, 2.45) is 11.8 Å². The van der Waals surface area contributed by atoms with Crippen LogP contribution in [0.25, 0.3) is 22.3 Å². The maximum absolute atomic E-state index is 13.3. The topological polar surface area (TPSA) is 166 Å². The number of H-pyrrole nitrogens is 1. The highest BCUT2D eigenvalue weighted by Gasteiger charge is 2.45. The fourth-order valence-electron chi connectivity index (χ4n) is 9.72. The maximum atomic E-state index is 13.3. The second kappa shape index (κ2) is 15.9. The summed E-state index contributed by atoms with van der Waals surface area (Å²) in [5, 5.41) is 11.0. The third-order valence-corrected chi connectivity index (χ3v) is 13.7. The van der Waals surface area contributed by atoms with E-state index in [1.54, 1.807) is 18.5 Å². The SMILES string of the molecule is CC1(Oc2ccc3[nH]nc(-c4cc(N5CCC(COC6CCN(CC7CCN(c8ccc9c(c8)C(=O)N(C8CCC(=O)NC8=O)C9=O)CC7)CC6)CC5)ncn4)c3c2)CC1. The van der Waals surface area contributed by atoms with Crippen molar-refractivity contribution in [3.63, 3.8) is 0 Å². The highest BCUT2D eigenvalue weighted by Crippen LogP contribution is 2.41. The maximum Gasteiger partial charge on any atom is 0.262 e. The summed E-state index contributed by atoms with van der Waals surface area (Å²) in [5.74, 6) is 1.05. The molecule has 7 heterocycles. The predicted octanol–water partition coefficient (Wildman–Crippen LogP) is 4.97. The van der Waals surface area contributed by atoms with Crippen molar-refractivity contribution in [2.75, 3.05) is 62.2 Å². The third-order valence-electron chi connectivity index (χ3n) is 13.7. The minimum Gasteiger partial charge on any atom is -0.488 e. The molecule has 0 bridgehead atoms. The second-order valence-corrected chi connectivity index (χ2v) is 18.0. The molecule has 2 N–H and O–H groups in total. The van der Waals surface area contributed by atoms with Crippen LogP contribution in [0.3, 0.4) is 0 Å². The van der Waals surface area contributed by atoms with Crippen molar-refractivity contribution in [3.8, 4) is 17.1 Å².